The average molecular weight is 493 g/mol. The molecular formula is C23H26F2N4O2S2. The first-order chi connectivity index (χ1) is 15.8. The third kappa shape index (κ3) is 5.39. The molecular weight excluding hydrogens is 466 g/mol. The van der Waals surface area contributed by atoms with Crippen molar-refractivity contribution in [1.29, 1.82) is 0 Å². The van der Waals surface area contributed by atoms with Gasteiger partial charge in [0.25, 0.3) is 0 Å². The summed E-state index contributed by atoms with van der Waals surface area (Å²) in [7, 11) is -3.04. The molecule has 3 aromatic rings. The zero-order valence-electron chi connectivity index (χ0n) is 18.3. The summed E-state index contributed by atoms with van der Waals surface area (Å²) in [5, 5.41) is 4.73. The van der Waals surface area contributed by atoms with Gasteiger partial charge in [-0.25, -0.2) is 21.9 Å². The van der Waals surface area contributed by atoms with Gasteiger partial charge in [0, 0.05) is 18.2 Å². The molecule has 0 N–H and O–H groups in total. The molecule has 0 aliphatic carbocycles. The quantitative estimate of drug-likeness (QED) is 0.431. The summed E-state index contributed by atoms with van der Waals surface area (Å²) in [5.74, 6) is 0.0953. The van der Waals surface area contributed by atoms with Gasteiger partial charge in [0.05, 0.1) is 23.9 Å². The molecule has 1 aromatic heterocycles. The number of unbranched alkanes of at least 4 members (excludes halogenated alkanes) is 1. The molecule has 0 radical (unpaired) electrons. The highest BCUT2D eigenvalue weighted by Gasteiger charge is 2.32. The van der Waals surface area contributed by atoms with E-state index in [9.17, 15) is 17.2 Å². The normalized spacial score (nSPS) is 17.6. The van der Waals surface area contributed by atoms with Crippen LogP contribution >= 0.6 is 12.2 Å². The summed E-state index contributed by atoms with van der Waals surface area (Å²) < 4.78 is 55.0. The first kappa shape index (κ1) is 23.7. The summed E-state index contributed by atoms with van der Waals surface area (Å²) >= 11 is 5.75. The highest BCUT2D eigenvalue weighted by atomic mass is 32.2. The summed E-state index contributed by atoms with van der Waals surface area (Å²) in [4.78, 5) is 2.13. The lowest BCUT2D eigenvalue weighted by atomic mass is 10.2. The number of sulfone groups is 1. The highest BCUT2D eigenvalue weighted by Crippen LogP contribution is 2.25. The van der Waals surface area contributed by atoms with Gasteiger partial charge in [-0.05, 0) is 73.6 Å². The van der Waals surface area contributed by atoms with E-state index in [2.05, 4.69) is 11.8 Å². The Hall–Kier alpha value is -2.43. The molecule has 1 fully saturated rings. The number of rotatable bonds is 8. The minimum absolute atomic E-state index is 0.0892. The van der Waals surface area contributed by atoms with Crippen LogP contribution in [0.1, 0.15) is 26.2 Å². The van der Waals surface area contributed by atoms with E-state index in [1.807, 2.05) is 0 Å². The topological polar surface area (TPSA) is 60.1 Å². The number of hydrogen-bond acceptors (Lipinski definition) is 5. The van der Waals surface area contributed by atoms with Gasteiger partial charge in [0.2, 0.25) is 4.77 Å². The van der Waals surface area contributed by atoms with Crippen molar-refractivity contribution in [2.75, 3.05) is 18.1 Å². The van der Waals surface area contributed by atoms with Crippen molar-refractivity contribution in [1.82, 2.24) is 19.2 Å². The highest BCUT2D eigenvalue weighted by molar-refractivity contribution is 7.91. The van der Waals surface area contributed by atoms with Crippen LogP contribution in [0.4, 0.5) is 8.78 Å². The van der Waals surface area contributed by atoms with Gasteiger partial charge in [0.1, 0.15) is 11.6 Å². The first-order valence-electron chi connectivity index (χ1n) is 10.9. The predicted molar refractivity (Wildman–Crippen MR) is 126 cm³/mol. The molecule has 10 heteroatoms. The predicted octanol–water partition coefficient (Wildman–Crippen LogP) is 4.60. The maximum atomic E-state index is 13.5. The molecule has 1 aliphatic rings. The van der Waals surface area contributed by atoms with E-state index in [1.54, 1.807) is 33.5 Å². The second-order valence-electron chi connectivity index (χ2n) is 8.29. The minimum Gasteiger partial charge on any atom is -0.280 e. The smallest absolute Gasteiger partial charge is 0.204 e. The van der Waals surface area contributed by atoms with Crippen molar-refractivity contribution in [3.63, 3.8) is 0 Å². The molecule has 6 nitrogen and oxygen atoms in total. The van der Waals surface area contributed by atoms with Gasteiger partial charge < -0.3 is 0 Å². The van der Waals surface area contributed by atoms with Crippen molar-refractivity contribution in [2.45, 2.75) is 38.9 Å². The number of benzene rings is 2. The molecule has 1 saturated heterocycles. The fourth-order valence-electron chi connectivity index (χ4n) is 4.07. The summed E-state index contributed by atoms with van der Waals surface area (Å²) in [6.07, 6.45) is 2.49. The van der Waals surface area contributed by atoms with Crippen LogP contribution in [-0.4, -0.2) is 51.8 Å². The Morgan fingerprint density at radius 2 is 1.73 bits per heavy atom. The van der Waals surface area contributed by atoms with Crippen molar-refractivity contribution in [3.05, 3.63) is 64.9 Å². The van der Waals surface area contributed by atoms with E-state index < -0.39 is 9.84 Å². The maximum absolute atomic E-state index is 13.5. The Kier molecular flexibility index (Phi) is 7.06. The van der Waals surface area contributed by atoms with Crippen molar-refractivity contribution in [3.8, 4) is 17.1 Å². The fraction of sp³-hybridized carbons (Fsp3) is 0.391. The number of hydrogen-bond donors (Lipinski definition) is 0. The van der Waals surface area contributed by atoms with E-state index in [4.69, 9.17) is 17.3 Å². The Morgan fingerprint density at radius 3 is 2.30 bits per heavy atom. The maximum Gasteiger partial charge on any atom is 0.204 e. The van der Waals surface area contributed by atoms with Crippen LogP contribution in [0.2, 0.25) is 0 Å². The van der Waals surface area contributed by atoms with Crippen LogP contribution in [0, 0.1) is 16.4 Å². The van der Waals surface area contributed by atoms with Gasteiger partial charge >= 0.3 is 0 Å². The Labute approximate surface area is 197 Å². The minimum atomic E-state index is -3.04. The van der Waals surface area contributed by atoms with Gasteiger partial charge in [-0.3, -0.25) is 9.47 Å². The fourth-order valence-corrected chi connectivity index (χ4v) is 6.13. The van der Waals surface area contributed by atoms with Gasteiger partial charge in [-0.2, -0.15) is 0 Å². The lowest BCUT2D eigenvalue weighted by Crippen LogP contribution is -2.38. The van der Waals surface area contributed by atoms with Gasteiger partial charge in [-0.1, -0.05) is 13.3 Å². The average Bonchev–Trinajstić information content (AvgIpc) is 3.31. The van der Waals surface area contributed by atoms with E-state index in [1.165, 1.54) is 24.3 Å². The van der Waals surface area contributed by atoms with Crippen molar-refractivity contribution in [2.24, 2.45) is 0 Å². The summed E-state index contributed by atoms with van der Waals surface area (Å²) in [6.45, 7) is 3.15. The summed E-state index contributed by atoms with van der Waals surface area (Å²) in [5.41, 5.74) is 1.30. The monoisotopic (exact) mass is 492 g/mol. The number of nitrogens with zero attached hydrogens (tertiary/aromatic N) is 4. The van der Waals surface area contributed by atoms with Crippen LogP contribution in [0.3, 0.4) is 0 Å². The molecule has 0 spiro atoms. The van der Waals surface area contributed by atoms with Crippen LogP contribution in [0.25, 0.3) is 17.1 Å². The molecule has 1 aliphatic heterocycles. The zero-order chi connectivity index (χ0) is 23.6. The standard InChI is InChI=1S/C23H26F2N4O2S2/c1-2-3-13-27(21-12-14-33(30,31)15-21)16-28-23(32)29(20-10-8-19(25)9-11-20)22(26-28)17-4-6-18(24)7-5-17/h4-11,21H,2-3,12-16H2,1H3/t21-/m1/s1. The van der Waals surface area contributed by atoms with Gasteiger partial charge in [0.15, 0.2) is 15.7 Å². The third-order valence-electron chi connectivity index (χ3n) is 5.87. The molecule has 0 saturated carbocycles. The van der Waals surface area contributed by atoms with Gasteiger partial charge in [-0.15, -0.1) is 5.10 Å². The second-order valence-corrected chi connectivity index (χ2v) is 10.9. The van der Waals surface area contributed by atoms with Crippen LogP contribution < -0.4 is 0 Å². The largest absolute Gasteiger partial charge is 0.280 e. The van der Waals surface area contributed by atoms with Crippen molar-refractivity contribution >= 4 is 22.1 Å². The Balaban J connectivity index is 1.76. The second kappa shape index (κ2) is 9.82. The van der Waals surface area contributed by atoms with E-state index >= 15 is 0 Å². The Morgan fingerprint density at radius 1 is 1.09 bits per heavy atom. The lowest BCUT2D eigenvalue weighted by molar-refractivity contribution is 0.152. The lowest BCUT2D eigenvalue weighted by Gasteiger charge is -2.27. The molecule has 0 bridgehead atoms. The molecule has 2 aromatic carbocycles. The molecule has 176 valence electrons. The Bertz CT molecular complexity index is 1270. The number of aromatic nitrogens is 3. The van der Waals surface area contributed by atoms with Crippen LogP contribution in [0.5, 0.6) is 0 Å². The third-order valence-corrected chi connectivity index (χ3v) is 8.01. The molecule has 2 heterocycles. The van der Waals surface area contributed by atoms with E-state index in [0.29, 0.717) is 34.9 Å². The van der Waals surface area contributed by atoms with E-state index in [0.717, 1.165) is 19.4 Å². The van der Waals surface area contributed by atoms with Crippen LogP contribution in [0.15, 0.2) is 48.5 Å². The SMILES string of the molecule is CCCCN(Cn1nc(-c2ccc(F)cc2)n(-c2ccc(F)cc2)c1=S)[C@@H]1CCS(=O)(=O)C1. The zero-order valence-corrected chi connectivity index (χ0v) is 20.0. The molecule has 4 rings (SSSR count). The molecule has 1 atom stereocenters. The number of halogens is 2. The van der Waals surface area contributed by atoms with E-state index in [-0.39, 0.29) is 29.2 Å². The van der Waals surface area contributed by atoms with Crippen LogP contribution in [-0.2, 0) is 16.5 Å². The summed E-state index contributed by atoms with van der Waals surface area (Å²) in [6, 6.07) is 11.8. The molecule has 0 unspecified atom stereocenters. The first-order valence-corrected chi connectivity index (χ1v) is 13.2. The molecule has 0 amide bonds. The van der Waals surface area contributed by atoms with Crippen molar-refractivity contribution < 1.29 is 17.2 Å². The molecule has 33 heavy (non-hydrogen) atoms.